The fraction of sp³-hybridized carbons (Fsp3) is 0.115. The first-order valence-corrected chi connectivity index (χ1v) is 12.7. The fourth-order valence-electron chi connectivity index (χ4n) is 3.35. The number of ether oxygens (including phenoxy) is 2. The van der Waals surface area contributed by atoms with E-state index in [0.717, 1.165) is 26.2 Å². The van der Waals surface area contributed by atoms with Crippen LogP contribution in [-0.4, -0.2) is 35.6 Å². The second-order valence-corrected chi connectivity index (χ2v) is 10.0. The average Bonchev–Trinajstić information content (AvgIpc) is 3.13. The van der Waals surface area contributed by atoms with Gasteiger partial charge in [0.2, 0.25) is 5.91 Å². The molecule has 37 heavy (non-hydrogen) atoms. The van der Waals surface area contributed by atoms with Crippen LogP contribution in [0.25, 0.3) is 6.08 Å². The molecule has 4 rings (SSSR count). The van der Waals surface area contributed by atoms with Gasteiger partial charge in [-0.1, -0.05) is 18.2 Å². The molecule has 3 amide bonds. The Morgan fingerprint density at radius 2 is 1.81 bits per heavy atom. The molecule has 0 bridgehead atoms. The number of nitrogens with zero attached hydrogens (tertiary/aromatic N) is 1. The third kappa shape index (κ3) is 6.66. The number of methoxy groups -OCH3 is 1. The number of benzene rings is 3. The van der Waals surface area contributed by atoms with Gasteiger partial charge < -0.3 is 14.8 Å². The number of nitrogens with one attached hydrogen (secondary N) is 1. The van der Waals surface area contributed by atoms with Crippen molar-refractivity contribution in [3.05, 3.63) is 91.9 Å². The number of hydrogen-bond acceptors (Lipinski definition) is 6. The molecule has 11 heteroatoms. The van der Waals surface area contributed by atoms with E-state index in [1.54, 1.807) is 18.2 Å². The molecule has 1 saturated heterocycles. The smallest absolute Gasteiger partial charge is 0.294 e. The van der Waals surface area contributed by atoms with E-state index >= 15 is 0 Å². The predicted octanol–water partition coefficient (Wildman–Crippen LogP) is 5.83. The van der Waals surface area contributed by atoms with E-state index in [0.29, 0.717) is 41.5 Å². The zero-order valence-electron chi connectivity index (χ0n) is 19.3. The molecule has 0 aliphatic carbocycles. The number of carbonyl (C=O) groups excluding carboxylic acids is 3. The lowest BCUT2D eigenvalue weighted by molar-refractivity contribution is -0.127. The Labute approximate surface area is 229 Å². The summed E-state index contributed by atoms with van der Waals surface area (Å²) in [6.07, 6.45) is 1.51. The van der Waals surface area contributed by atoms with Gasteiger partial charge in [0.25, 0.3) is 11.1 Å². The Bertz CT molecular complexity index is 1400. The molecule has 1 heterocycles. The van der Waals surface area contributed by atoms with Gasteiger partial charge in [-0.25, -0.2) is 8.78 Å². The summed E-state index contributed by atoms with van der Waals surface area (Å²) in [7, 11) is 1.49. The SMILES string of the molecule is COc1cc(/C=C2\SC(=O)N(CC(=O)Nc3ccc(F)cc3F)C2=O)ccc1OCc1ccc(I)cc1. The van der Waals surface area contributed by atoms with E-state index < -0.39 is 35.2 Å². The maximum Gasteiger partial charge on any atom is 0.294 e. The molecule has 0 spiro atoms. The van der Waals surface area contributed by atoms with Crippen molar-refractivity contribution in [3.63, 3.8) is 0 Å². The first-order valence-electron chi connectivity index (χ1n) is 10.8. The minimum atomic E-state index is -0.970. The highest BCUT2D eigenvalue weighted by atomic mass is 127. The van der Waals surface area contributed by atoms with Crippen LogP contribution in [0.1, 0.15) is 11.1 Å². The number of halogens is 3. The second kappa shape index (κ2) is 11.7. The van der Waals surface area contributed by atoms with E-state index in [1.165, 1.54) is 13.2 Å². The summed E-state index contributed by atoms with van der Waals surface area (Å²) in [4.78, 5) is 38.3. The Balaban J connectivity index is 1.42. The number of thioether (sulfide) groups is 1. The molecule has 1 aliphatic rings. The lowest BCUT2D eigenvalue weighted by Gasteiger charge is -2.13. The number of imide groups is 1. The normalized spacial score (nSPS) is 14.3. The minimum Gasteiger partial charge on any atom is -0.493 e. The zero-order chi connectivity index (χ0) is 26.5. The average molecular weight is 636 g/mol. The quantitative estimate of drug-likeness (QED) is 0.248. The summed E-state index contributed by atoms with van der Waals surface area (Å²) in [6.45, 7) is -0.275. The van der Waals surface area contributed by atoms with Crippen LogP contribution >= 0.6 is 34.4 Å². The molecule has 7 nitrogen and oxygen atoms in total. The van der Waals surface area contributed by atoms with Gasteiger partial charge >= 0.3 is 0 Å². The summed E-state index contributed by atoms with van der Waals surface area (Å²) in [6, 6.07) is 15.6. The van der Waals surface area contributed by atoms with Gasteiger partial charge in [-0.05, 0) is 88.0 Å². The number of carbonyl (C=O) groups is 3. The molecule has 0 atom stereocenters. The molecular weight excluding hydrogens is 617 g/mol. The molecule has 0 aromatic heterocycles. The second-order valence-electron chi connectivity index (χ2n) is 7.77. The number of amides is 3. The summed E-state index contributed by atoms with van der Waals surface area (Å²) in [5, 5.41) is 1.59. The monoisotopic (exact) mass is 636 g/mol. The van der Waals surface area contributed by atoms with E-state index in [-0.39, 0.29) is 10.6 Å². The topological polar surface area (TPSA) is 84.9 Å². The zero-order valence-corrected chi connectivity index (χ0v) is 22.3. The first-order chi connectivity index (χ1) is 17.7. The molecule has 190 valence electrons. The molecule has 1 fully saturated rings. The lowest BCUT2D eigenvalue weighted by atomic mass is 10.1. The van der Waals surface area contributed by atoms with Crippen LogP contribution in [0, 0.1) is 15.2 Å². The summed E-state index contributed by atoms with van der Waals surface area (Å²) in [5.41, 5.74) is 1.32. The van der Waals surface area contributed by atoms with Gasteiger partial charge in [-0.15, -0.1) is 0 Å². The number of rotatable bonds is 8. The van der Waals surface area contributed by atoms with Gasteiger partial charge in [-0.3, -0.25) is 19.3 Å². The van der Waals surface area contributed by atoms with Crippen LogP contribution in [0.3, 0.4) is 0 Å². The number of hydrogen-bond donors (Lipinski definition) is 1. The molecule has 3 aromatic rings. The summed E-state index contributed by atoms with van der Waals surface area (Å²) in [5.74, 6) is -2.28. The van der Waals surface area contributed by atoms with Crippen LogP contribution in [-0.2, 0) is 16.2 Å². The third-order valence-electron chi connectivity index (χ3n) is 5.17. The van der Waals surface area contributed by atoms with Crippen molar-refractivity contribution < 1.29 is 32.6 Å². The highest BCUT2D eigenvalue weighted by molar-refractivity contribution is 14.1. The Hall–Kier alpha value is -3.45. The Kier molecular flexibility index (Phi) is 8.44. The van der Waals surface area contributed by atoms with E-state index in [9.17, 15) is 23.2 Å². The van der Waals surface area contributed by atoms with Crippen LogP contribution in [0.15, 0.2) is 65.6 Å². The van der Waals surface area contributed by atoms with Gasteiger partial charge in [0.1, 0.15) is 24.8 Å². The molecule has 0 unspecified atom stereocenters. The van der Waals surface area contributed by atoms with Crippen LogP contribution < -0.4 is 14.8 Å². The largest absolute Gasteiger partial charge is 0.493 e. The summed E-state index contributed by atoms with van der Waals surface area (Å²) < 4.78 is 39.2. The van der Waals surface area contributed by atoms with Crippen molar-refractivity contribution in [1.29, 1.82) is 0 Å². The van der Waals surface area contributed by atoms with Crippen LogP contribution in [0.2, 0.25) is 0 Å². The van der Waals surface area contributed by atoms with Crippen LogP contribution in [0.5, 0.6) is 11.5 Å². The van der Waals surface area contributed by atoms with Crippen molar-refractivity contribution in [2.45, 2.75) is 6.61 Å². The standard InChI is InChI=1S/C26H19F2IN2O5S/c1-35-22-10-16(4-9-21(22)36-14-15-2-6-18(29)7-3-15)11-23-25(33)31(26(34)37-23)13-24(32)30-20-8-5-17(27)12-19(20)28/h2-12H,13-14H2,1H3,(H,30,32)/b23-11-. The van der Waals surface area contributed by atoms with Crippen molar-refractivity contribution in [2.24, 2.45) is 0 Å². The van der Waals surface area contributed by atoms with Crippen molar-refractivity contribution in [2.75, 3.05) is 19.0 Å². The highest BCUT2D eigenvalue weighted by Crippen LogP contribution is 2.35. The molecule has 1 N–H and O–H groups in total. The highest BCUT2D eigenvalue weighted by Gasteiger charge is 2.36. The van der Waals surface area contributed by atoms with Gasteiger partial charge in [0, 0.05) is 9.64 Å². The van der Waals surface area contributed by atoms with Crippen molar-refractivity contribution in [1.82, 2.24) is 4.90 Å². The predicted molar refractivity (Wildman–Crippen MR) is 144 cm³/mol. The van der Waals surface area contributed by atoms with E-state index in [4.69, 9.17) is 9.47 Å². The molecular formula is C26H19F2IN2O5S. The fourth-order valence-corrected chi connectivity index (χ4v) is 4.54. The van der Waals surface area contributed by atoms with Crippen molar-refractivity contribution in [3.8, 4) is 11.5 Å². The van der Waals surface area contributed by atoms with Gasteiger partial charge in [-0.2, -0.15) is 0 Å². The van der Waals surface area contributed by atoms with Gasteiger partial charge in [0.15, 0.2) is 11.5 Å². The van der Waals surface area contributed by atoms with Gasteiger partial charge in [0.05, 0.1) is 17.7 Å². The Morgan fingerprint density at radius 1 is 1.05 bits per heavy atom. The van der Waals surface area contributed by atoms with E-state index in [1.807, 2.05) is 24.3 Å². The first kappa shape index (κ1) is 26.6. The van der Waals surface area contributed by atoms with E-state index in [2.05, 4.69) is 27.9 Å². The molecule has 0 radical (unpaired) electrons. The third-order valence-corrected chi connectivity index (χ3v) is 6.80. The lowest BCUT2D eigenvalue weighted by Crippen LogP contribution is -2.36. The maximum atomic E-state index is 13.8. The van der Waals surface area contributed by atoms with Crippen molar-refractivity contribution >= 4 is 63.2 Å². The maximum absolute atomic E-state index is 13.8. The number of anilines is 1. The van der Waals surface area contributed by atoms with Crippen LogP contribution in [0.4, 0.5) is 19.3 Å². The summed E-state index contributed by atoms with van der Waals surface area (Å²) >= 11 is 2.90. The molecule has 3 aromatic carbocycles. The Morgan fingerprint density at radius 3 is 2.51 bits per heavy atom. The minimum absolute atomic E-state index is 0.111. The molecule has 0 saturated carbocycles. The molecule has 1 aliphatic heterocycles.